The Kier molecular flexibility index (Phi) is 3.63. The SMILES string of the molecule is COc1ccc(C(O)c2cccc(C)c2)c(F)c1. The van der Waals surface area contributed by atoms with E-state index in [1.54, 1.807) is 18.2 Å². The molecule has 0 saturated heterocycles. The van der Waals surface area contributed by atoms with E-state index in [1.165, 1.54) is 13.2 Å². The van der Waals surface area contributed by atoms with Crippen LogP contribution in [0.5, 0.6) is 5.75 Å². The van der Waals surface area contributed by atoms with Crippen molar-refractivity contribution in [2.45, 2.75) is 13.0 Å². The third kappa shape index (κ3) is 2.51. The fourth-order valence-corrected chi connectivity index (χ4v) is 1.88. The first kappa shape index (κ1) is 12.6. The van der Waals surface area contributed by atoms with E-state index in [0.717, 1.165) is 5.56 Å². The lowest BCUT2D eigenvalue weighted by atomic mass is 9.99. The molecule has 2 aromatic rings. The van der Waals surface area contributed by atoms with Gasteiger partial charge in [-0.2, -0.15) is 0 Å². The normalized spacial score (nSPS) is 12.2. The number of hydrogen-bond donors (Lipinski definition) is 1. The Morgan fingerprint density at radius 1 is 1.17 bits per heavy atom. The zero-order valence-electron chi connectivity index (χ0n) is 10.4. The second-order valence-corrected chi connectivity index (χ2v) is 4.20. The topological polar surface area (TPSA) is 29.5 Å². The molecule has 0 radical (unpaired) electrons. The van der Waals surface area contributed by atoms with E-state index < -0.39 is 11.9 Å². The maximum absolute atomic E-state index is 13.8. The highest BCUT2D eigenvalue weighted by Gasteiger charge is 2.15. The van der Waals surface area contributed by atoms with Gasteiger partial charge in [-0.3, -0.25) is 0 Å². The van der Waals surface area contributed by atoms with Crippen LogP contribution in [0, 0.1) is 12.7 Å². The Hall–Kier alpha value is -1.87. The van der Waals surface area contributed by atoms with E-state index in [0.29, 0.717) is 11.3 Å². The lowest BCUT2D eigenvalue weighted by molar-refractivity contribution is 0.214. The fourth-order valence-electron chi connectivity index (χ4n) is 1.88. The highest BCUT2D eigenvalue weighted by molar-refractivity contribution is 5.36. The number of ether oxygens (including phenoxy) is 1. The summed E-state index contributed by atoms with van der Waals surface area (Å²) in [5.41, 5.74) is 1.96. The van der Waals surface area contributed by atoms with Gasteiger partial charge in [0.15, 0.2) is 0 Å². The zero-order valence-corrected chi connectivity index (χ0v) is 10.4. The first-order chi connectivity index (χ1) is 8.61. The van der Waals surface area contributed by atoms with E-state index in [4.69, 9.17) is 4.74 Å². The van der Waals surface area contributed by atoms with Crippen LogP contribution < -0.4 is 4.74 Å². The third-order valence-corrected chi connectivity index (χ3v) is 2.86. The van der Waals surface area contributed by atoms with E-state index in [9.17, 15) is 9.50 Å². The van der Waals surface area contributed by atoms with Crippen LogP contribution in [0.4, 0.5) is 4.39 Å². The Labute approximate surface area is 106 Å². The Morgan fingerprint density at radius 3 is 2.56 bits per heavy atom. The molecule has 0 spiro atoms. The second-order valence-electron chi connectivity index (χ2n) is 4.20. The molecule has 0 saturated carbocycles. The van der Waals surface area contributed by atoms with Crippen LogP contribution in [0.2, 0.25) is 0 Å². The molecule has 0 aromatic heterocycles. The van der Waals surface area contributed by atoms with Gasteiger partial charge in [-0.1, -0.05) is 29.8 Å². The summed E-state index contributed by atoms with van der Waals surface area (Å²) in [5.74, 6) is -0.0314. The van der Waals surface area contributed by atoms with Gasteiger partial charge in [0.05, 0.1) is 7.11 Å². The number of methoxy groups -OCH3 is 1. The van der Waals surface area contributed by atoms with Crippen LogP contribution in [0.25, 0.3) is 0 Å². The molecule has 0 amide bonds. The molecular weight excluding hydrogens is 231 g/mol. The van der Waals surface area contributed by atoms with Gasteiger partial charge in [0.25, 0.3) is 0 Å². The largest absolute Gasteiger partial charge is 0.497 e. The summed E-state index contributed by atoms with van der Waals surface area (Å²) in [5, 5.41) is 10.2. The summed E-state index contributed by atoms with van der Waals surface area (Å²) in [6.07, 6.45) is -0.962. The van der Waals surface area contributed by atoms with Crippen LogP contribution in [-0.4, -0.2) is 12.2 Å². The van der Waals surface area contributed by atoms with Gasteiger partial charge in [0.2, 0.25) is 0 Å². The van der Waals surface area contributed by atoms with Gasteiger partial charge < -0.3 is 9.84 Å². The molecule has 3 heteroatoms. The number of hydrogen-bond acceptors (Lipinski definition) is 2. The van der Waals surface area contributed by atoms with Gasteiger partial charge in [0, 0.05) is 11.6 Å². The first-order valence-corrected chi connectivity index (χ1v) is 5.70. The maximum atomic E-state index is 13.8. The first-order valence-electron chi connectivity index (χ1n) is 5.70. The second kappa shape index (κ2) is 5.19. The van der Waals surface area contributed by atoms with Gasteiger partial charge in [-0.15, -0.1) is 0 Å². The molecule has 0 fully saturated rings. The standard InChI is InChI=1S/C15H15FO2/c1-10-4-3-5-11(8-10)15(17)13-7-6-12(18-2)9-14(13)16/h3-9,15,17H,1-2H3. The van der Waals surface area contributed by atoms with E-state index in [1.807, 2.05) is 25.1 Å². The third-order valence-electron chi connectivity index (χ3n) is 2.86. The van der Waals surface area contributed by atoms with Crippen molar-refractivity contribution in [3.63, 3.8) is 0 Å². The highest BCUT2D eigenvalue weighted by atomic mass is 19.1. The summed E-state index contributed by atoms with van der Waals surface area (Å²) in [6.45, 7) is 1.93. The number of rotatable bonds is 3. The monoisotopic (exact) mass is 246 g/mol. The Morgan fingerprint density at radius 2 is 1.94 bits per heavy atom. The summed E-state index contributed by atoms with van der Waals surface area (Å²) in [4.78, 5) is 0. The minimum Gasteiger partial charge on any atom is -0.497 e. The number of benzene rings is 2. The molecule has 2 nitrogen and oxygen atoms in total. The number of aryl methyl sites for hydroxylation is 1. The molecule has 1 N–H and O–H groups in total. The molecule has 94 valence electrons. The summed E-state index contributed by atoms with van der Waals surface area (Å²) < 4.78 is 18.8. The fraction of sp³-hybridized carbons (Fsp3) is 0.200. The van der Waals surface area contributed by atoms with Gasteiger partial charge >= 0.3 is 0 Å². The number of aliphatic hydroxyl groups excluding tert-OH is 1. The van der Waals surface area contributed by atoms with Crippen LogP contribution in [0.3, 0.4) is 0 Å². The lowest BCUT2D eigenvalue weighted by Crippen LogP contribution is -2.03. The van der Waals surface area contributed by atoms with Crippen molar-refractivity contribution < 1.29 is 14.2 Å². The zero-order chi connectivity index (χ0) is 13.1. The molecule has 1 atom stereocenters. The predicted molar refractivity (Wildman–Crippen MR) is 68.2 cm³/mol. The van der Waals surface area contributed by atoms with E-state index in [2.05, 4.69) is 0 Å². The van der Waals surface area contributed by atoms with Gasteiger partial charge in [-0.05, 0) is 24.6 Å². The molecule has 0 aliphatic heterocycles. The van der Waals surface area contributed by atoms with Crippen molar-refractivity contribution in [2.24, 2.45) is 0 Å². The average Bonchev–Trinajstić information content (AvgIpc) is 2.37. The minimum absolute atomic E-state index is 0.251. The number of halogens is 1. The van der Waals surface area contributed by atoms with Crippen molar-refractivity contribution >= 4 is 0 Å². The molecule has 0 heterocycles. The highest BCUT2D eigenvalue weighted by Crippen LogP contribution is 2.27. The van der Waals surface area contributed by atoms with Crippen LogP contribution in [-0.2, 0) is 0 Å². The molecule has 2 rings (SSSR count). The average molecular weight is 246 g/mol. The number of aliphatic hydroxyl groups is 1. The van der Waals surface area contributed by atoms with Gasteiger partial charge in [-0.25, -0.2) is 4.39 Å². The van der Waals surface area contributed by atoms with E-state index >= 15 is 0 Å². The Balaban J connectivity index is 2.37. The van der Waals surface area contributed by atoms with Crippen LogP contribution >= 0.6 is 0 Å². The van der Waals surface area contributed by atoms with Crippen LogP contribution in [0.15, 0.2) is 42.5 Å². The van der Waals surface area contributed by atoms with Crippen molar-refractivity contribution in [2.75, 3.05) is 7.11 Å². The van der Waals surface area contributed by atoms with Crippen molar-refractivity contribution in [1.29, 1.82) is 0 Å². The maximum Gasteiger partial charge on any atom is 0.133 e. The molecular formula is C15H15FO2. The van der Waals surface area contributed by atoms with E-state index in [-0.39, 0.29) is 5.56 Å². The van der Waals surface area contributed by atoms with Gasteiger partial charge in [0.1, 0.15) is 17.7 Å². The quantitative estimate of drug-likeness (QED) is 0.901. The molecule has 0 aliphatic rings. The molecule has 0 bridgehead atoms. The predicted octanol–water partition coefficient (Wildman–Crippen LogP) is 3.22. The summed E-state index contributed by atoms with van der Waals surface area (Å²) in [6, 6.07) is 11.8. The minimum atomic E-state index is -0.962. The van der Waals surface area contributed by atoms with Crippen molar-refractivity contribution in [3.05, 3.63) is 65.0 Å². The van der Waals surface area contributed by atoms with Crippen molar-refractivity contribution in [3.8, 4) is 5.75 Å². The van der Waals surface area contributed by atoms with Crippen molar-refractivity contribution in [1.82, 2.24) is 0 Å². The molecule has 2 aromatic carbocycles. The molecule has 1 unspecified atom stereocenters. The smallest absolute Gasteiger partial charge is 0.133 e. The Bertz CT molecular complexity index is 552. The van der Waals surface area contributed by atoms with Crippen LogP contribution in [0.1, 0.15) is 22.8 Å². The summed E-state index contributed by atoms with van der Waals surface area (Å²) >= 11 is 0. The lowest BCUT2D eigenvalue weighted by Gasteiger charge is -2.13. The molecule has 0 aliphatic carbocycles. The summed E-state index contributed by atoms with van der Waals surface area (Å²) in [7, 11) is 1.48. The molecule has 18 heavy (non-hydrogen) atoms.